The van der Waals surface area contributed by atoms with Crippen molar-refractivity contribution in [2.75, 3.05) is 19.6 Å². The van der Waals surface area contributed by atoms with Crippen LogP contribution in [-0.4, -0.2) is 41.5 Å². The van der Waals surface area contributed by atoms with Crippen LogP contribution in [0.4, 0.5) is 0 Å². The fourth-order valence-electron chi connectivity index (χ4n) is 2.48. The van der Waals surface area contributed by atoms with E-state index in [1.54, 1.807) is 0 Å². The lowest BCUT2D eigenvalue weighted by Crippen LogP contribution is -2.51. The Hall–Kier alpha value is -1.81. The third-order valence-corrected chi connectivity index (χ3v) is 3.42. The zero-order valence-corrected chi connectivity index (χ0v) is 10.4. The summed E-state index contributed by atoms with van der Waals surface area (Å²) in [6.45, 7) is 4.52. The summed E-state index contributed by atoms with van der Waals surface area (Å²) in [5.74, 6) is 0.0968. The van der Waals surface area contributed by atoms with Crippen LogP contribution in [0.5, 0.6) is 0 Å². The average molecular weight is 243 g/mol. The normalized spacial score (nSPS) is 20.3. The van der Waals surface area contributed by atoms with Crippen LogP contribution in [0.15, 0.2) is 30.3 Å². The molecule has 1 saturated heterocycles. The van der Waals surface area contributed by atoms with Gasteiger partial charge >= 0.3 is 0 Å². The number of aromatic nitrogens is 1. The minimum atomic E-state index is 0.0968. The highest BCUT2D eigenvalue weighted by Gasteiger charge is 2.22. The largest absolute Gasteiger partial charge is 0.351 e. The molecule has 0 radical (unpaired) electrons. The molecule has 1 aromatic carbocycles. The standard InChI is InChI=1S/C14H17N3O/c1-10-9-17(7-6-15-10)14(18)13-8-11-4-2-3-5-12(11)16-13/h2-5,8,10,15-16H,6-7,9H2,1H3/t10-/m0/s1. The molecule has 2 heterocycles. The predicted molar refractivity (Wildman–Crippen MR) is 71.7 cm³/mol. The van der Waals surface area contributed by atoms with Gasteiger partial charge < -0.3 is 15.2 Å². The SMILES string of the molecule is C[C@H]1CN(C(=O)c2cc3ccccc3[nH]2)CCN1. The van der Waals surface area contributed by atoms with Gasteiger partial charge in [-0.15, -0.1) is 0 Å². The van der Waals surface area contributed by atoms with E-state index >= 15 is 0 Å². The number of nitrogens with one attached hydrogen (secondary N) is 2. The van der Waals surface area contributed by atoms with Gasteiger partial charge in [0.15, 0.2) is 0 Å². The monoisotopic (exact) mass is 243 g/mol. The first-order chi connectivity index (χ1) is 8.74. The molecular weight excluding hydrogens is 226 g/mol. The van der Waals surface area contributed by atoms with Gasteiger partial charge in [0, 0.05) is 36.6 Å². The van der Waals surface area contributed by atoms with Crippen LogP contribution in [0.2, 0.25) is 0 Å². The number of hydrogen-bond donors (Lipinski definition) is 2. The fraction of sp³-hybridized carbons (Fsp3) is 0.357. The maximum atomic E-state index is 12.4. The molecule has 2 aromatic rings. The van der Waals surface area contributed by atoms with Gasteiger partial charge in [0.1, 0.15) is 5.69 Å². The first-order valence-electron chi connectivity index (χ1n) is 6.34. The first-order valence-corrected chi connectivity index (χ1v) is 6.34. The van der Waals surface area contributed by atoms with Crippen molar-refractivity contribution in [3.63, 3.8) is 0 Å². The third-order valence-electron chi connectivity index (χ3n) is 3.42. The topological polar surface area (TPSA) is 48.1 Å². The Labute approximate surface area is 106 Å². The van der Waals surface area contributed by atoms with E-state index in [2.05, 4.69) is 17.2 Å². The lowest BCUT2D eigenvalue weighted by atomic mass is 10.2. The van der Waals surface area contributed by atoms with Gasteiger partial charge in [0.25, 0.3) is 5.91 Å². The molecule has 1 aliphatic rings. The summed E-state index contributed by atoms with van der Waals surface area (Å²) < 4.78 is 0. The Morgan fingerprint density at radius 1 is 1.39 bits per heavy atom. The number of para-hydroxylation sites is 1. The first kappa shape index (κ1) is 11.3. The Kier molecular flexibility index (Phi) is 2.80. The number of rotatable bonds is 1. The minimum absolute atomic E-state index is 0.0968. The average Bonchev–Trinajstić information content (AvgIpc) is 2.81. The number of H-pyrrole nitrogens is 1. The van der Waals surface area contributed by atoms with E-state index in [0.717, 1.165) is 30.5 Å². The van der Waals surface area contributed by atoms with Crippen molar-refractivity contribution in [1.82, 2.24) is 15.2 Å². The molecule has 1 amide bonds. The predicted octanol–water partition coefficient (Wildman–Crippen LogP) is 1.60. The highest BCUT2D eigenvalue weighted by atomic mass is 16.2. The van der Waals surface area contributed by atoms with Gasteiger partial charge in [-0.1, -0.05) is 18.2 Å². The molecule has 0 saturated carbocycles. The molecule has 18 heavy (non-hydrogen) atoms. The molecule has 4 nitrogen and oxygen atoms in total. The van der Waals surface area contributed by atoms with Crippen LogP contribution in [-0.2, 0) is 0 Å². The number of hydrogen-bond acceptors (Lipinski definition) is 2. The van der Waals surface area contributed by atoms with Gasteiger partial charge in [0.2, 0.25) is 0 Å². The Morgan fingerprint density at radius 3 is 3.00 bits per heavy atom. The van der Waals surface area contributed by atoms with E-state index in [0.29, 0.717) is 11.7 Å². The van der Waals surface area contributed by atoms with Crippen LogP contribution in [0, 0.1) is 0 Å². The molecule has 1 atom stereocenters. The molecule has 1 aliphatic heterocycles. The molecule has 4 heteroatoms. The molecular formula is C14H17N3O. The van der Waals surface area contributed by atoms with E-state index in [9.17, 15) is 4.79 Å². The third kappa shape index (κ3) is 1.99. The van der Waals surface area contributed by atoms with Gasteiger partial charge in [-0.05, 0) is 19.1 Å². The van der Waals surface area contributed by atoms with E-state index in [-0.39, 0.29) is 5.91 Å². The number of fused-ring (bicyclic) bond motifs is 1. The second kappa shape index (κ2) is 4.46. The summed E-state index contributed by atoms with van der Waals surface area (Å²) in [6, 6.07) is 10.3. The second-order valence-corrected chi connectivity index (χ2v) is 4.88. The molecule has 1 fully saturated rings. The van der Waals surface area contributed by atoms with Gasteiger partial charge in [-0.25, -0.2) is 0 Å². The molecule has 2 N–H and O–H groups in total. The van der Waals surface area contributed by atoms with Crippen LogP contribution in [0.25, 0.3) is 10.9 Å². The number of carbonyl (C=O) groups is 1. The maximum absolute atomic E-state index is 12.4. The Bertz CT molecular complexity index is 542. The van der Waals surface area contributed by atoms with Crippen LogP contribution < -0.4 is 5.32 Å². The highest BCUT2D eigenvalue weighted by Crippen LogP contribution is 2.16. The van der Waals surface area contributed by atoms with Crippen LogP contribution >= 0.6 is 0 Å². The van der Waals surface area contributed by atoms with E-state index in [4.69, 9.17) is 0 Å². The highest BCUT2D eigenvalue weighted by molar-refractivity contribution is 5.98. The summed E-state index contributed by atoms with van der Waals surface area (Å²) in [4.78, 5) is 17.5. The maximum Gasteiger partial charge on any atom is 0.270 e. The number of piperazine rings is 1. The summed E-state index contributed by atoms with van der Waals surface area (Å²) in [7, 11) is 0. The minimum Gasteiger partial charge on any atom is -0.351 e. The van der Waals surface area contributed by atoms with Crippen LogP contribution in [0.1, 0.15) is 17.4 Å². The Balaban J connectivity index is 1.87. The number of aromatic amines is 1. The quantitative estimate of drug-likeness (QED) is 0.799. The molecule has 94 valence electrons. The van der Waals surface area contributed by atoms with Gasteiger partial charge in [0.05, 0.1) is 0 Å². The van der Waals surface area contributed by atoms with Crippen molar-refractivity contribution in [3.05, 3.63) is 36.0 Å². The molecule has 0 aliphatic carbocycles. The van der Waals surface area contributed by atoms with Gasteiger partial charge in [-0.3, -0.25) is 4.79 Å². The zero-order valence-electron chi connectivity index (χ0n) is 10.4. The van der Waals surface area contributed by atoms with E-state index < -0.39 is 0 Å². The molecule has 1 aromatic heterocycles. The number of nitrogens with zero attached hydrogens (tertiary/aromatic N) is 1. The smallest absolute Gasteiger partial charge is 0.270 e. The van der Waals surface area contributed by atoms with Crippen molar-refractivity contribution < 1.29 is 4.79 Å². The number of benzene rings is 1. The summed E-state index contributed by atoms with van der Waals surface area (Å²) in [5.41, 5.74) is 1.70. The van der Waals surface area contributed by atoms with Crippen molar-refractivity contribution in [2.45, 2.75) is 13.0 Å². The lowest BCUT2D eigenvalue weighted by molar-refractivity contribution is 0.0704. The van der Waals surface area contributed by atoms with Crippen LogP contribution in [0.3, 0.4) is 0 Å². The summed E-state index contributed by atoms with van der Waals surface area (Å²) in [5, 5.41) is 4.43. The fourth-order valence-corrected chi connectivity index (χ4v) is 2.48. The number of amides is 1. The van der Waals surface area contributed by atoms with E-state index in [1.165, 1.54) is 0 Å². The summed E-state index contributed by atoms with van der Waals surface area (Å²) in [6.07, 6.45) is 0. The van der Waals surface area contributed by atoms with Crippen molar-refractivity contribution in [3.8, 4) is 0 Å². The number of carbonyl (C=O) groups excluding carboxylic acids is 1. The Morgan fingerprint density at radius 2 is 2.22 bits per heavy atom. The molecule has 0 bridgehead atoms. The second-order valence-electron chi connectivity index (χ2n) is 4.88. The van der Waals surface area contributed by atoms with Crippen molar-refractivity contribution in [2.24, 2.45) is 0 Å². The van der Waals surface area contributed by atoms with E-state index in [1.807, 2.05) is 35.2 Å². The van der Waals surface area contributed by atoms with Crippen molar-refractivity contribution >= 4 is 16.8 Å². The zero-order chi connectivity index (χ0) is 12.5. The lowest BCUT2D eigenvalue weighted by Gasteiger charge is -2.31. The molecule has 3 rings (SSSR count). The van der Waals surface area contributed by atoms with Crippen molar-refractivity contribution in [1.29, 1.82) is 0 Å². The molecule has 0 unspecified atom stereocenters. The summed E-state index contributed by atoms with van der Waals surface area (Å²) >= 11 is 0. The van der Waals surface area contributed by atoms with Gasteiger partial charge in [-0.2, -0.15) is 0 Å². The molecule has 0 spiro atoms.